The minimum Gasteiger partial charge on any atom is -0.352 e. The number of fused-ring (bicyclic) bond motifs is 1. The van der Waals surface area contributed by atoms with Crippen LogP contribution in [0.2, 0.25) is 0 Å². The Morgan fingerprint density at radius 2 is 1.93 bits per heavy atom. The summed E-state index contributed by atoms with van der Waals surface area (Å²) in [5.74, 6) is -0.386. The van der Waals surface area contributed by atoms with Gasteiger partial charge in [0.15, 0.2) is 5.65 Å². The summed E-state index contributed by atoms with van der Waals surface area (Å²) < 4.78 is 15.5. The zero-order valence-corrected chi connectivity index (χ0v) is 16.1. The number of aryl methyl sites for hydroxylation is 2. The summed E-state index contributed by atoms with van der Waals surface area (Å²) in [6, 6.07) is 16.5. The number of benzene rings is 2. The van der Waals surface area contributed by atoms with E-state index < -0.39 is 0 Å². The van der Waals surface area contributed by atoms with Crippen molar-refractivity contribution in [3.05, 3.63) is 89.6 Å². The standard InChI is InChI=1S/C23H21FN4O/c1-16-13-22-26-14-19(15-28(22)27-16)23(29)25-12-4-5-17-8-10-18(11-9-17)20-6-2-3-7-21(20)24/h2-3,6-11,13-15H,4-5,12H2,1H3,(H,25,29). The first-order chi connectivity index (χ1) is 14.1. The molecule has 0 saturated carbocycles. The van der Waals surface area contributed by atoms with Gasteiger partial charge in [0.2, 0.25) is 0 Å². The number of nitrogens with one attached hydrogen (secondary N) is 1. The summed E-state index contributed by atoms with van der Waals surface area (Å²) in [5.41, 5.74) is 4.67. The Morgan fingerprint density at radius 3 is 2.72 bits per heavy atom. The second-order valence-electron chi connectivity index (χ2n) is 6.97. The summed E-state index contributed by atoms with van der Waals surface area (Å²) in [4.78, 5) is 16.6. The van der Waals surface area contributed by atoms with Gasteiger partial charge in [0, 0.05) is 30.6 Å². The second-order valence-corrected chi connectivity index (χ2v) is 6.97. The summed E-state index contributed by atoms with van der Waals surface area (Å²) >= 11 is 0. The Morgan fingerprint density at radius 1 is 1.14 bits per heavy atom. The fourth-order valence-electron chi connectivity index (χ4n) is 3.26. The molecule has 2 heterocycles. The molecule has 0 atom stereocenters. The third-order valence-electron chi connectivity index (χ3n) is 4.76. The number of nitrogens with zero attached hydrogens (tertiary/aromatic N) is 3. The molecular weight excluding hydrogens is 367 g/mol. The molecule has 0 aliphatic carbocycles. The Balaban J connectivity index is 1.29. The Hall–Kier alpha value is -3.54. The first-order valence-electron chi connectivity index (χ1n) is 9.54. The van der Waals surface area contributed by atoms with E-state index in [1.807, 2.05) is 43.3 Å². The van der Waals surface area contributed by atoms with E-state index in [0.29, 0.717) is 17.7 Å². The highest BCUT2D eigenvalue weighted by molar-refractivity contribution is 5.93. The highest BCUT2D eigenvalue weighted by atomic mass is 19.1. The summed E-state index contributed by atoms with van der Waals surface area (Å²) in [7, 11) is 0. The zero-order chi connectivity index (χ0) is 20.2. The van der Waals surface area contributed by atoms with Crippen LogP contribution in [-0.2, 0) is 6.42 Å². The summed E-state index contributed by atoms with van der Waals surface area (Å²) in [6.07, 6.45) is 4.88. The van der Waals surface area contributed by atoms with Crippen molar-refractivity contribution >= 4 is 11.6 Å². The van der Waals surface area contributed by atoms with Crippen LogP contribution in [0.4, 0.5) is 4.39 Å². The fraction of sp³-hybridized carbons (Fsp3) is 0.174. The molecule has 4 aromatic rings. The van der Waals surface area contributed by atoms with Crippen LogP contribution in [0.1, 0.15) is 28.0 Å². The molecule has 1 amide bonds. The average molecular weight is 388 g/mol. The molecule has 0 radical (unpaired) electrons. The van der Waals surface area contributed by atoms with Gasteiger partial charge in [0.25, 0.3) is 5.91 Å². The van der Waals surface area contributed by atoms with Gasteiger partial charge in [-0.25, -0.2) is 13.9 Å². The molecule has 0 bridgehead atoms. The van der Waals surface area contributed by atoms with Crippen molar-refractivity contribution < 1.29 is 9.18 Å². The number of carbonyl (C=O) groups excluding carboxylic acids is 1. The molecule has 0 spiro atoms. The lowest BCUT2D eigenvalue weighted by Gasteiger charge is -2.07. The van der Waals surface area contributed by atoms with E-state index in [1.54, 1.807) is 29.0 Å². The van der Waals surface area contributed by atoms with Crippen LogP contribution in [0.25, 0.3) is 16.8 Å². The average Bonchev–Trinajstić information content (AvgIpc) is 3.11. The molecule has 1 N–H and O–H groups in total. The monoisotopic (exact) mass is 388 g/mol. The molecule has 2 aromatic carbocycles. The van der Waals surface area contributed by atoms with Gasteiger partial charge < -0.3 is 5.32 Å². The Labute approximate surface area is 168 Å². The molecule has 0 aliphatic heterocycles. The highest BCUT2D eigenvalue weighted by Crippen LogP contribution is 2.23. The van der Waals surface area contributed by atoms with Gasteiger partial charge in [-0.1, -0.05) is 42.5 Å². The van der Waals surface area contributed by atoms with Crippen LogP contribution in [-0.4, -0.2) is 27.0 Å². The minimum absolute atomic E-state index is 0.164. The number of amides is 1. The summed E-state index contributed by atoms with van der Waals surface area (Å²) in [6.45, 7) is 2.45. The van der Waals surface area contributed by atoms with E-state index in [4.69, 9.17) is 0 Å². The van der Waals surface area contributed by atoms with Crippen LogP contribution in [0, 0.1) is 12.7 Å². The van der Waals surface area contributed by atoms with E-state index in [-0.39, 0.29) is 11.7 Å². The van der Waals surface area contributed by atoms with Crippen molar-refractivity contribution in [3.8, 4) is 11.1 Å². The Kier molecular flexibility index (Phi) is 5.33. The maximum Gasteiger partial charge on any atom is 0.254 e. The maximum absolute atomic E-state index is 13.9. The molecule has 0 fully saturated rings. The van der Waals surface area contributed by atoms with Crippen LogP contribution in [0.15, 0.2) is 67.0 Å². The lowest BCUT2D eigenvalue weighted by atomic mass is 10.0. The fourth-order valence-corrected chi connectivity index (χ4v) is 3.26. The highest BCUT2D eigenvalue weighted by Gasteiger charge is 2.08. The van der Waals surface area contributed by atoms with E-state index in [1.165, 1.54) is 6.07 Å². The SMILES string of the molecule is Cc1cc2ncc(C(=O)NCCCc3ccc(-c4ccccc4F)cc3)cn2n1. The van der Waals surface area contributed by atoms with E-state index >= 15 is 0 Å². The molecule has 4 rings (SSSR count). The van der Waals surface area contributed by atoms with Crippen LogP contribution < -0.4 is 5.32 Å². The topological polar surface area (TPSA) is 59.3 Å². The van der Waals surface area contributed by atoms with Gasteiger partial charge in [0.05, 0.1) is 11.3 Å². The minimum atomic E-state index is -0.221. The summed E-state index contributed by atoms with van der Waals surface area (Å²) in [5, 5.41) is 7.19. The smallest absolute Gasteiger partial charge is 0.254 e. The normalized spacial score (nSPS) is 11.0. The molecule has 5 nitrogen and oxygen atoms in total. The molecule has 2 aromatic heterocycles. The molecule has 0 aliphatic rings. The van der Waals surface area contributed by atoms with Crippen molar-refractivity contribution in [2.75, 3.05) is 6.54 Å². The number of rotatable bonds is 6. The second kappa shape index (κ2) is 8.22. The van der Waals surface area contributed by atoms with E-state index in [0.717, 1.165) is 35.3 Å². The zero-order valence-electron chi connectivity index (χ0n) is 16.1. The molecule has 29 heavy (non-hydrogen) atoms. The molecular formula is C23H21FN4O. The van der Waals surface area contributed by atoms with Crippen molar-refractivity contribution in [1.29, 1.82) is 0 Å². The predicted molar refractivity (Wildman–Crippen MR) is 110 cm³/mol. The van der Waals surface area contributed by atoms with Crippen LogP contribution in [0.5, 0.6) is 0 Å². The van der Waals surface area contributed by atoms with E-state index in [2.05, 4.69) is 15.4 Å². The van der Waals surface area contributed by atoms with Crippen LogP contribution >= 0.6 is 0 Å². The largest absolute Gasteiger partial charge is 0.352 e. The molecule has 0 unspecified atom stereocenters. The third-order valence-corrected chi connectivity index (χ3v) is 4.76. The van der Waals surface area contributed by atoms with Gasteiger partial charge in [-0.3, -0.25) is 4.79 Å². The molecule has 146 valence electrons. The van der Waals surface area contributed by atoms with Crippen molar-refractivity contribution in [2.45, 2.75) is 19.8 Å². The quantitative estimate of drug-likeness (QED) is 0.504. The number of hydrogen-bond donors (Lipinski definition) is 1. The molecule has 6 heteroatoms. The number of aromatic nitrogens is 3. The number of hydrogen-bond acceptors (Lipinski definition) is 3. The number of carbonyl (C=O) groups is 1. The van der Waals surface area contributed by atoms with Gasteiger partial charge >= 0.3 is 0 Å². The van der Waals surface area contributed by atoms with Gasteiger partial charge in [-0.05, 0) is 37.0 Å². The van der Waals surface area contributed by atoms with Gasteiger partial charge in [-0.15, -0.1) is 0 Å². The van der Waals surface area contributed by atoms with Crippen molar-refractivity contribution in [1.82, 2.24) is 19.9 Å². The maximum atomic E-state index is 13.9. The molecule has 0 saturated heterocycles. The Bertz CT molecular complexity index is 1150. The number of halogens is 1. The van der Waals surface area contributed by atoms with E-state index in [9.17, 15) is 9.18 Å². The van der Waals surface area contributed by atoms with Gasteiger partial charge in [0.1, 0.15) is 5.82 Å². The lowest BCUT2D eigenvalue weighted by molar-refractivity contribution is 0.0952. The first-order valence-corrected chi connectivity index (χ1v) is 9.54. The van der Waals surface area contributed by atoms with Gasteiger partial charge in [-0.2, -0.15) is 5.10 Å². The van der Waals surface area contributed by atoms with Crippen molar-refractivity contribution in [3.63, 3.8) is 0 Å². The third kappa shape index (κ3) is 4.32. The van der Waals surface area contributed by atoms with Crippen molar-refractivity contribution in [2.24, 2.45) is 0 Å². The van der Waals surface area contributed by atoms with Crippen LogP contribution in [0.3, 0.4) is 0 Å². The predicted octanol–water partition coefficient (Wildman–Crippen LogP) is 4.21. The lowest BCUT2D eigenvalue weighted by Crippen LogP contribution is -2.25. The first kappa shape index (κ1) is 18.8.